The highest BCUT2D eigenvalue weighted by Gasteiger charge is 2.34. The molecule has 2 rings (SSSR count). The van der Waals surface area contributed by atoms with Gasteiger partial charge in [-0.25, -0.2) is 0 Å². The largest absolute Gasteiger partial charge is 0.341 e. The SMILES string of the molecule is CC1CC1CN(C)C(=O)c1cc([N+](=O)[O-])ccc1Br. The van der Waals surface area contributed by atoms with Crippen LogP contribution in [0.25, 0.3) is 0 Å². The molecular formula is C13H15BrN2O3. The van der Waals surface area contributed by atoms with Gasteiger partial charge in [-0.3, -0.25) is 14.9 Å². The maximum absolute atomic E-state index is 12.3. The molecule has 5 nitrogen and oxygen atoms in total. The standard InChI is InChI=1S/C13H15BrN2O3/c1-8-5-9(8)7-15(2)13(17)11-6-10(16(18)19)3-4-12(11)14/h3-4,6,8-9H,5,7H2,1-2H3. The topological polar surface area (TPSA) is 63.5 Å². The molecule has 0 spiro atoms. The van der Waals surface area contributed by atoms with E-state index in [2.05, 4.69) is 22.9 Å². The molecule has 2 unspecified atom stereocenters. The van der Waals surface area contributed by atoms with Crippen LogP contribution in [0.1, 0.15) is 23.7 Å². The fourth-order valence-electron chi connectivity index (χ4n) is 2.08. The summed E-state index contributed by atoms with van der Waals surface area (Å²) in [4.78, 5) is 24.2. The van der Waals surface area contributed by atoms with Gasteiger partial charge in [-0.05, 0) is 40.3 Å². The Hall–Kier alpha value is -1.43. The molecule has 1 saturated carbocycles. The molecule has 19 heavy (non-hydrogen) atoms. The number of nitrogens with zero attached hydrogens (tertiary/aromatic N) is 2. The van der Waals surface area contributed by atoms with E-state index in [9.17, 15) is 14.9 Å². The molecule has 6 heteroatoms. The predicted molar refractivity (Wildman–Crippen MR) is 75.0 cm³/mol. The predicted octanol–water partition coefficient (Wildman–Crippen LogP) is 3.09. The number of hydrogen-bond donors (Lipinski definition) is 0. The first-order valence-electron chi connectivity index (χ1n) is 6.09. The van der Waals surface area contributed by atoms with Crippen molar-refractivity contribution in [2.45, 2.75) is 13.3 Å². The summed E-state index contributed by atoms with van der Waals surface area (Å²) < 4.78 is 0.582. The van der Waals surface area contributed by atoms with Gasteiger partial charge in [0.1, 0.15) is 0 Å². The number of amides is 1. The quantitative estimate of drug-likeness (QED) is 0.630. The van der Waals surface area contributed by atoms with Gasteiger partial charge in [0.25, 0.3) is 11.6 Å². The van der Waals surface area contributed by atoms with Gasteiger partial charge in [0, 0.05) is 30.2 Å². The number of rotatable bonds is 4. The third-order valence-corrected chi connectivity index (χ3v) is 4.21. The Morgan fingerprint density at radius 2 is 2.21 bits per heavy atom. The second-order valence-corrected chi connectivity index (χ2v) is 5.93. The highest BCUT2D eigenvalue weighted by atomic mass is 79.9. The summed E-state index contributed by atoms with van der Waals surface area (Å²) in [5, 5.41) is 10.8. The molecular weight excluding hydrogens is 312 g/mol. The van der Waals surface area contributed by atoms with Crippen LogP contribution in [0.15, 0.2) is 22.7 Å². The van der Waals surface area contributed by atoms with E-state index in [0.29, 0.717) is 28.4 Å². The van der Waals surface area contributed by atoms with Crippen molar-refractivity contribution in [2.24, 2.45) is 11.8 Å². The summed E-state index contributed by atoms with van der Waals surface area (Å²) in [6.07, 6.45) is 1.15. The molecule has 1 aliphatic rings. The van der Waals surface area contributed by atoms with Crippen molar-refractivity contribution >= 4 is 27.5 Å². The minimum atomic E-state index is -0.494. The number of benzene rings is 1. The molecule has 0 heterocycles. The Kier molecular flexibility index (Phi) is 3.89. The minimum Gasteiger partial charge on any atom is -0.341 e. The molecule has 0 aliphatic heterocycles. The molecule has 1 fully saturated rings. The molecule has 0 aromatic heterocycles. The second-order valence-electron chi connectivity index (χ2n) is 5.08. The van der Waals surface area contributed by atoms with E-state index in [1.54, 1.807) is 18.0 Å². The normalized spacial score (nSPS) is 21.0. The lowest BCUT2D eigenvalue weighted by Gasteiger charge is -2.17. The summed E-state index contributed by atoms with van der Waals surface area (Å²) in [6, 6.07) is 4.24. The molecule has 2 atom stereocenters. The van der Waals surface area contributed by atoms with Gasteiger partial charge in [-0.2, -0.15) is 0 Å². The van der Waals surface area contributed by atoms with Crippen LogP contribution in [0.5, 0.6) is 0 Å². The van der Waals surface area contributed by atoms with Gasteiger partial charge >= 0.3 is 0 Å². The van der Waals surface area contributed by atoms with E-state index in [1.807, 2.05) is 0 Å². The van der Waals surface area contributed by atoms with Crippen LogP contribution < -0.4 is 0 Å². The first kappa shape index (κ1) is 14.0. The molecule has 0 radical (unpaired) electrons. The van der Waals surface area contributed by atoms with Gasteiger partial charge in [-0.15, -0.1) is 0 Å². The van der Waals surface area contributed by atoms with Crippen LogP contribution in [-0.4, -0.2) is 29.3 Å². The Bertz CT molecular complexity index is 533. The van der Waals surface area contributed by atoms with Gasteiger partial charge in [-0.1, -0.05) is 6.92 Å². The van der Waals surface area contributed by atoms with Gasteiger partial charge < -0.3 is 4.90 Å². The Balaban J connectivity index is 2.17. The van der Waals surface area contributed by atoms with Crippen molar-refractivity contribution in [1.82, 2.24) is 4.90 Å². The monoisotopic (exact) mass is 326 g/mol. The number of hydrogen-bond acceptors (Lipinski definition) is 3. The van der Waals surface area contributed by atoms with Crippen molar-refractivity contribution in [3.63, 3.8) is 0 Å². The molecule has 0 saturated heterocycles. The third-order valence-electron chi connectivity index (χ3n) is 3.52. The van der Waals surface area contributed by atoms with Crippen molar-refractivity contribution < 1.29 is 9.72 Å². The van der Waals surface area contributed by atoms with Crippen LogP contribution in [0.4, 0.5) is 5.69 Å². The second kappa shape index (κ2) is 5.28. The summed E-state index contributed by atoms with van der Waals surface area (Å²) in [5.74, 6) is 1.05. The molecule has 1 aromatic rings. The van der Waals surface area contributed by atoms with E-state index in [0.717, 1.165) is 6.42 Å². The van der Waals surface area contributed by atoms with Gasteiger partial charge in [0.05, 0.1) is 10.5 Å². The van der Waals surface area contributed by atoms with Crippen LogP contribution in [0.3, 0.4) is 0 Å². The van der Waals surface area contributed by atoms with E-state index in [4.69, 9.17) is 0 Å². The van der Waals surface area contributed by atoms with E-state index in [-0.39, 0.29) is 11.6 Å². The van der Waals surface area contributed by atoms with Crippen molar-refractivity contribution in [3.8, 4) is 0 Å². The Labute approximate surface area is 119 Å². The molecule has 1 aliphatic carbocycles. The van der Waals surface area contributed by atoms with Crippen LogP contribution >= 0.6 is 15.9 Å². The fourth-order valence-corrected chi connectivity index (χ4v) is 2.50. The first-order valence-corrected chi connectivity index (χ1v) is 6.89. The first-order chi connectivity index (χ1) is 8.90. The zero-order chi connectivity index (χ0) is 14.2. The number of non-ortho nitro benzene ring substituents is 1. The average molecular weight is 327 g/mol. The fraction of sp³-hybridized carbons (Fsp3) is 0.462. The third kappa shape index (κ3) is 3.12. The minimum absolute atomic E-state index is 0.0697. The molecule has 102 valence electrons. The van der Waals surface area contributed by atoms with E-state index >= 15 is 0 Å². The summed E-state index contributed by atoms with van der Waals surface area (Å²) in [5.41, 5.74) is 0.268. The Morgan fingerprint density at radius 1 is 1.58 bits per heavy atom. The smallest absolute Gasteiger partial charge is 0.270 e. The van der Waals surface area contributed by atoms with Crippen LogP contribution in [0, 0.1) is 22.0 Å². The lowest BCUT2D eigenvalue weighted by Crippen LogP contribution is -2.29. The van der Waals surface area contributed by atoms with Gasteiger partial charge in [0.15, 0.2) is 0 Å². The van der Waals surface area contributed by atoms with Crippen LogP contribution in [-0.2, 0) is 0 Å². The van der Waals surface area contributed by atoms with Crippen molar-refractivity contribution in [1.29, 1.82) is 0 Å². The highest BCUT2D eigenvalue weighted by Crippen LogP contribution is 2.38. The van der Waals surface area contributed by atoms with Gasteiger partial charge in [0.2, 0.25) is 0 Å². The molecule has 0 bridgehead atoms. The lowest BCUT2D eigenvalue weighted by molar-refractivity contribution is -0.384. The van der Waals surface area contributed by atoms with Crippen molar-refractivity contribution in [2.75, 3.05) is 13.6 Å². The number of halogens is 1. The average Bonchev–Trinajstić information content (AvgIpc) is 3.04. The maximum Gasteiger partial charge on any atom is 0.270 e. The van der Waals surface area contributed by atoms with E-state index < -0.39 is 4.92 Å². The lowest BCUT2D eigenvalue weighted by atomic mass is 10.1. The highest BCUT2D eigenvalue weighted by molar-refractivity contribution is 9.10. The molecule has 0 N–H and O–H groups in total. The van der Waals surface area contributed by atoms with Crippen molar-refractivity contribution in [3.05, 3.63) is 38.3 Å². The Morgan fingerprint density at radius 3 is 2.74 bits per heavy atom. The zero-order valence-electron chi connectivity index (χ0n) is 10.8. The molecule has 1 amide bonds. The van der Waals surface area contributed by atoms with Crippen LogP contribution in [0.2, 0.25) is 0 Å². The summed E-state index contributed by atoms with van der Waals surface area (Å²) >= 11 is 3.27. The number of carbonyl (C=O) groups excluding carboxylic acids is 1. The number of carbonyl (C=O) groups is 1. The number of nitro groups is 1. The summed E-state index contributed by atoms with van der Waals surface area (Å²) in [7, 11) is 1.73. The zero-order valence-corrected chi connectivity index (χ0v) is 12.4. The maximum atomic E-state index is 12.3. The molecule has 1 aromatic carbocycles. The van der Waals surface area contributed by atoms with E-state index in [1.165, 1.54) is 12.1 Å². The number of nitro benzene ring substituents is 1. The summed E-state index contributed by atoms with van der Waals surface area (Å²) in [6.45, 7) is 2.86.